The highest BCUT2D eigenvalue weighted by Gasteiger charge is 2.24. The van der Waals surface area contributed by atoms with Gasteiger partial charge >= 0.3 is 0 Å². The molecule has 1 N–H and O–H groups in total. The molecule has 0 bridgehead atoms. The molecule has 0 aliphatic carbocycles. The topological polar surface area (TPSA) is 103 Å². The Balaban J connectivity index is 1.50. The van der Waals surface area contributed by atoms with Crippen LogP contribution in [-0.4, -0.2) is 52.5 Å². The Kier molecular flexibility index (Phi) is 8.14. The van der Waals surface area contributed by atoms with E-state index in [9.17, 15) is 16.8 Å². The number of anilines is 2. The lowest BCUT2D eigenvalue weighted by Crippen LogP contribution is -2.29. The van der Waals surface area contributed by atoms with Crippen LogP contribution in [0.1, 0.15) is 6.42 Å². The highest BCUT2D eigenvalue weighted by atomic mass is 35.5. The molecule has 0 unspecified atom stereocenters. The molecule has 0 atom stereocenters. The fraction of sp³-hybridized carbons (Fsp3) is 0.156. The van der Waals surface area contributed by atoms with Gasteiger partial charge in [0.05, 0.1) is 17.1 Å². The van der Waals surface area contributed by atoms with Crippen LogP contribution in [0.4, 0.5) is 11.4 Å². The average Bonchev–Trinajstić information content (AvgIpc) is 3.72. The maximum absolute atomic E-state index is 13.3. The molecule has 0 amide bonds. The van der Waals surface area contributed by atoms with Gasteiger partial charge < -0.3 is 4.98 Å². The zero-order valence-corrected chi connectivity index (χ0v) is 27.1. The molecule has 226 valence electrons. The van der Waals surface area contributed by atoms with E-state index in [4.69, 9.17) is 16.6 Å². The minimum Gasteiger partial charge on any atom is -0.339 e. The Labute approximate surface area is 265 Å². The first-order chi connectivity index (χ1) is 21.1. The van der Waals surface area contributed by atoms with Crippen molar-refractivity contribution in [1.82, 2.24) is 9.97 Å². The number of hydrogen-bond acceptors (Lipinski definition) is 6. The summed E-state index contributed by atoms with van der Waals surface area (Å²) in [5, 5.41) is 3.44. The number of rotatable bonds is 10. The maximum Gasteiger partial charge on any atom is 0.273 e. The van der Waals surface area contributed by atoms with E-state index >= 15 is 0 Å². The maximum atomic E-state index is 13.3. The van der Waals surface area contributed by atoms with Crippen LogP contribution < -0.4 is 8.61 Å². The molecule has 0 radical (unpaired) electrons. The van der Waals surface area contributed by atoms with Gasteiger partial charge in [0.25, 0.3) is 10.0 Å². The number of nitrogens with zero attached hydrogens (tertiary/aromatic N) is 3. The minimum absolute atomic E-state index is 0.0279. The number of halogens is 1. The lowest BCUT2D eigenvalue weighted by atomic mass is 9.92. The third-order valence-corrected chi connectivity index (χ3v) is 12.9. The number of nitrogens with one attached hydrogen (secondary N) is 1. The number of aromatic nitrogens is 2. The van der Waals surface area contributed by atoms with Gasteiger partial charge in [-0.15, -0.1) is 22.9 Å². The number of pyridine rings is 1. The molecular weight excluding hydrogens is 636 g/mol. The SMILES string of the molecule is CN(c1ccc(-c2cnc3[nH]c4ccc(N(C)S(=O)(=O)c5cccs5)cc4c3c2-c2ccccc2)cc1)S(=O)(=O)CCCCl. The summed E-state index contributed by atoms with van der Waals surface area (Å²) < 4.78 is 55.0. The molecule has 6 aromatic rings. The van der Waals surface area contributed by atoms with E-state index in [2.05, 4.69) is 4.98 Å². The smallest absolute Gasteiger partial charge is 0.273 e. The van der Waals surface area contributed by atoms with Gasteiger partial charge in [-0.3, -0.25) is 8.61 Å². The van der Waals surface area contributed by atoms with E-state index in [1.807, 2.05) is 60.8 Å². The summed E-state index contributed by atoms with van der Waals surface area (Å²) in [4.78, 5) is 8.17. The Morgan fingerprint density at radius 1 is 0.841 bits per heavy atom. The lowest BCUT2D eigenvalue weighted by molar-refractivity contribution is 0.592. The monoisotopic (exact) mass is 664 g/mol. The van der Waals surface area contributed by atoms with Crippen molar-refractivity contribution in [2.75, 3.05) is 34.3 Å². The third-order valence-electron chi connectivity index (χ3n) is 7.64. The summed E-state index contributed by atoms with van der Waals surface area (Å²) in [6.07, 6.45) is 2.19. The van der Waals surface area contributed by atoms with Crippen LogP contribution in [0.2, 0.25) is 0 Å². The van der Waals surface area contributed by atoms with Gasteiger partial charge in [0.15, 0.2) is 0 Å². The van der Waals surface area contributed by atoms with E-state index in [-0.39, 0.29) is 15.8 Å². The molecule has 0 spiro atoms. The third kappa shape index (κ3) is 5.45. The summed E-state index contributed by atoms with van der Waals surface area (Å²) >= 11 is 6.91. The van der Waals surface area contributed by atoms with Gasteiger partial charge in [0.2, 0.25) is 10.0 Å². The van der Waals surface area contributed by atoms with Crippen molar-refractivity contribution in [3.05, 3.63) is 96.5 Å². The van der Waals surface area contributed by atoms with Crippen molar-refractivity contribution in [2.24, 2.45) is 0 Å². The van der Waals surface area contributed by atoms with Gasteiger partial charge in [0, 0.05) is 53.6 Å². The second-order valence-corrected chi connectivity index (χ2v) is 15.9. The second kappa shape index (κ2) is 11.9. The van der Waals surface area contributed by atoms with E-state index < -0.39 is 20.0 Å². The van der Waals surface area contributed by atoms with Crippen molar-refractivity contribution < 1.29 is 16.8 Å². The molecule has 0 saturated carbocycles. The van der Waals surface area contributed by atoms with Crippen LogP contribution in [-0.2, 0) is 20.0 Å². The molecule has 0 aliphatic rings. The Morgan fingerprint density at radius 2 is 1.57 bits per heavy atom. The molecule has 3 aromatic carbocycles. The normalized spacial score (nSPS) is 12.2. The van der Waals surface area contributed by atoms with Gasteiger partial charge in [-0.2, -0.15) is 0 Å². The van der Waals surface area contributed by atoms with Gasteiger partial charge in [-0.05, 0) is 59.3 Å². The fourth-order valence-electron chi connectivity index (χ4n) is 5.23. The molecule has 0 saturated heterocycles. The first-order valence-corrected chi connectivity index (χ1v) is 18.2. The minimum atomic E-state index is -3.72. The van der Waals surface area contributed by atoms with E-state index in [0.717, 1.165) is 38.5 Å². The van der Waals surface area contributed by atoms with E-state index in [1.54, 1.807) is 49.8 Å². The first-order valence-electron chi connectivity index (χ1n) is 13.8. The second-order valence-electron chi connectivity index (χ2n) is 10.3. The van der Waals surface area contributed by atoms with Crippen molar-refractivity contribution in [3.8, 4) is 22.3 Å². The molecule has 0 fully saturated rings. The van der Waals surface area contributed by atoms with Crippen LogP contribution in [0.15, 0.2) is 101 Å². The lowest BCUT2D eigenvalue weighted by Gasteiger charge is -2.20. The van der Waals surface area contributed by atoms with Crippen molar-refractivity contribution in [2.45, 2.75) is 10.6 Å². The summed E-state index contributed by atoms with van der Waals surface area (Å²) in [6.45, 7) is 0. The Bertz CT molecular complexity index is 2170. The number of hydrogen-bond donors (Lipinski definition) is 1. The van der Waals surface area contributed by atoms with Crippen LogP contribution in [0, 0.1) is 0 Å². The summed E-state index contributed by atoms with van der Waals surface area (Å²) in [6, 6.07) is 26.1. The van der Waals surface area contributed by atoms with Crippen LogP contribution >= 0.6 is 22.9 Å². The van der Waals surface area contributed by atoms with E-state index in [0.29, 0.717) is 23.4 Å². The molecule has 3 aromatic heterocycles. The molecule has 8 nitrogen and oxygen atoms in total. The van der Waals surface area contributed by atoms with Gasteiger partial charge in [0.1, 0.15) is 9.86 Å². The predicted molar refractivity (Wildman–Crippen MR) is 182 cm³/mol. The number of benzene rings is 3. The average molecular weight is 665 g/mol. The number of H-pyrrole nitrogens is 1. The highest BCUT2D eigenvalue weighted by Crippen LogP contribution is 2.42. The fourth-order valence-corrected chi connectivity index (χ4v) is 9.10. The number of sulfonamides is 2. The van der Waals surface area contributed by atoms with Crippen LogP contribution in [0.5, 0.6) is 0 Å². The molecule has 3 heterocycles. The Morgan fingerprint density at radius 3 is 2.25 bits per heavy atom. The Hall–Kier alpha value is -3.90. The van der Waals surface area contributed by atoms with Gasteiger partial charge in [-0.1, -0.05) is 48.5 Å². The van der Waals surface area contributed by atoms with Crippen LogP contribution in [0.3, 0.4) is 0 Å². The first kappa shape index (κ1) is 30.1. The number of thiophene rings is 1. The largest absolute Gasteiger partial charge is 0.339 e. The number of aromatic amines is 1. The van der Waals surface area contributed by atoms with Gasteiger partial charge in [-0.25, -0.2) is 21.8 Å². The summed E-state index contributed by atoms with van der Waals surface area (Å²) in [5.41, 5.74) is 6.18. The quantitative estimate of drug-likeness (QED) is 0.155. The number of alkyl halides is 1. The molecule has 44 heavy (non-hydrogen) atoms. The highest BCUT2D eigenvalue weighted by molar-refractivity contribution is 7.94. The zero-order valence-electron chi connectivity index (χ0n) is 23.9. The van der Waals surface area contributed by atoms with Crippen molar-refractivity contribution in [1.29, 1.82) is 0 Å². The standard InChI is InChI=1S/C32H29ClN4O4S3/c1-36(43(38,39)19-7-17-33)24-13-11-22(12-14-24)27-21-34-32-31(30(27)23-8-4-3-5-9-23)26-20-25(15-16-28(26)35-32)37(2)44(40,41)29-10-6-18-42-29/h3-6,8-16,18,20-21H,7,17,19H2,1-2H3,(H,34,35). The molecule has 6 rings (SSSR count). The van der Waals surface area contributed by atoms with E-state index in [1.165, 1.54) is 19.9 Å². The zero-order chi connectivity index (χ0) is 31.1. The molecule has 0 aliphatic heterocycles. The summed E-state index contributed by atoms with van der Waals surface area (Å²) in [5.74, 6) is 0.250. The predicted octanol–water partition coefficient (Wildman–Crippen LogP) is 7.33. The van der Waals surface area contributed by atoms with Crippen LogP contribution in [0.25, 0.3) is 44.2 Å². The molecule has 12 heteroatoms. The van der Waals surface area contributed by atoms with Crippen molar-refractivity contribution >= 4 is 76.3 Å². The number of fused-ring (bicyclic) bond motifs is 3. The summed E-state index contributed by atoms with van der Waals surface area (Å²) in [7, 11) is -4.12. The molecular formula is C32H29ClN4O4S3. The van der Waals surface area contributed by atoms with Crippen molar-refractivity contribution in [3.63, 3.8) is 0 Å².